The molecule has 0 radical (unpaired) electrons. The molecule has 1 aromatic carbocycles. The number of alkyl halides is 3. The lowest BCUT2D eigenvalue weighted by Crippen LogP contribution is -2.10. The van der Waals surface area contributed by atoms with Crippen molar-refractivity contribution in [2.75, 3.05) is 7.11 Å². The van der Waals surface area contributed by atoms with Crippen LogP contribution in [-0.2, 0) is 16.7 Å². The lowest BCUT2D eigenvalue weighted by Gasteiger charge is -2.10. The van der Waals surface area contributed by atoms with Gasteiger partial charge in [0, 0.05) is 5.75 Å². The molecule has 2 nitrogen and oxygen atoms in total. The normalized spacial score (nSPS) is 11.3. The van der Waals surface area contributed by atoms with E-state index in [1.165, 1.54) is 7.11 Å². The molecule has 0 saturated carbocycles. The molecule has 0 amide bonds. The fourth-order valence-electron chi connectivity index (χ4n) is 1.21. The van der Waals surface area contributed by atoms with Gasteiger partial charge in [-0.3, -0.25) is 0 Å². The molecule has 0 unspecified atom stereocenters. The predicted octanol–water partition coefficient (Wildman–Crippen LogP) is 2.92. The van der Waals surface area contributed by atoms with Crippen molar-refractivity contribution in [3.8, 4) is 0 Å². The van der Waals surface area contributed by atoms with Gasteiger partial charge >= 0.3 is 12.1 Å². The van der Waals surface area contributed by atoms with E-state index in [9.17, 15) is 18.0 Å². The Kier molecular flexibility index (Phi) is 3.85. The summed E-state index contributed by atoms with van der Waals surface area (Å²) in [7, 11) is 1.17. The van der Waals surface area contributed by atoms with Crippen molar-refractivity contribution in [2.24, 2.45) is 0 Å². The van der Waals surface area contributed by atoms with E-state index in [2.05, 4.69) is 17.4 Å². The van der Waals surface area contributed by atoms with Crippen molar-refractivity contribution in [2.45, 2.75) is 11.9 Å². The van der Waals surface area contributed by atoms with Gasteiger partial charge in [-0.2, -0.15) is 25.8 Å². The highest BCUT2D eigenvalue weighted by Gasteiger charge is 2.31. The Morgan fingerprint density at radius 3 is 2.50 bits per heavy atom. The van der Waals surface area contributed by atoms with Gasteiger partial charge in [0.2, 0.25) is 0 Å². The van der Waals surface area contributed by atoms with E-state index in [1.807, 2.05) is 0 Å². The topological polar surface area (TPSA) is 26.3 Å². The van der Waals surface area contributed by atoms with Crippen LogP contribution in [0.5, 0.6) is 0 Å². The second-order valence-electron chi connectivity index (χ2n) is 3.02. The van der Waals surface area contributed by atoms with Crippen LogP contribution in [0.3, 0.4) is 0 Å². The molecule has 1 aromatic rings. The summed E-state index contributed by atoms with van der Waals surface area (Å²) in [6.07, 6.45) is -4.42. The molecule has 0 fully saturated rings. The molecule has 0 aliphatic rings. The van der Waals surface area contributed by atoms with Crippen LogP contribution in [0.1, 0.15) is 21.5 Å². The summed E-state index contributed by atoms with van der Waals surface area (Å²) >= 11 is 3.88. The summed E-state index contributed by atoms with van der Waals surface area (Å²) in [4.78, 5) is 11.2. The third kappa shape index (κ3) is 2.69. The third-order valence-electron chi connectivity index (χ3n) is 2.01. The average Bonchev–Trinajstić information content (AvgIpc) is 2.26. The first-order valence-corrected chi connectivity index (χ1v) is 4.92. The molecule has 0 N–H and O–H groups in total. The van der Waals surface area contributed by atoms with Crippen LogP contribution in [0.4, 0.5) is 13.2 Å². The second kappa shape index (κ2) is 4.78. The Balaban J connectivity index is 3.22. The second-order valence-corrected chi connectivity index (χ2v) is 3.34. The Morgan fingerprint density at radius 2 is 2.06 bits per heavy atom. The highest BCUT2D eigenvalue weighted by atomic mass is 32.1. The van der Waals surface area contributed by atoms with Gasteiger partial charge in [0.25, 0.3) is 0 Å². The van der Waals surface area contributed by atoms with Crippen LogP contribution < -0.4 is 0 Å². The van der Waals surface area contributed by atoms with Crippen molar-refractivity contribution in [3.63, 3.8) is 0 Å². The number of thiol groups is 1. The lowest BCUT2D eigenvalue weighted by atomic mass is 10.0. The van der Waals surface area contributed by atoms with Crippen molar-refractivity contribution in [3.05, 3.63) is 34.9 Å². The summed E-state index contributed by atoms with van der Waals surface area (Å²) in [6.45, 7) is 0. The first-order chi connectivity index (χ1) is 7.40. The minimum Gasteiger partial charge on any atom is -0.465 e. The van der Waals surface area contributed by atoms with Crippen LogP contribution in [0, 0.1) is 0 Å². The average molecular weight is 250 g/mol. The molecule has 0 aliphatic heterocycles. The summed E-state index contributed by atoms with van der Waals surface area (Å²) in [5.74, 6) is -0.633. The van der Waals surface area contributed by atoms with E-state index < -0.39 is 17.7 Å². The molecule has 0 spiro atoms. The maximum Gasteiger partial charge on any atom is 0.416 e. The summed E-state index contributed by atoms with van der Waals surface area (Å²) < 4.78 is 41.6. The first kappa shape index (κ1) is 12.9. The van der Waals surface area contributed by atoms with Crippen molar-refractivity contribution < 1.29 is 22.7 Å². The van der Waals surface area contributed by atoms with E-state index >= 15 is 0 Å². The van der Waals surface area contributed by atoms with Crippen LogP contribution in [-0.4, -0.2) is 13.1 Å². The number of hydrogen-bond acceptors (Lipinski definition) is 3. The molecular weight excluding hydrogens is 241 g/mol. The SMILES string of the molecule is COC(=O)c1ccc(C(F)(F)F)cc1CS. The quantitative estimate of drug-likeness (QED) is 0.645. The highest BCUT2D eigenvalue weighted by molar-refractivity contribution is 7.79. The van der Waals surface area contributed by atoms with Crippen LogP contribution in [0.2, 0.25) is 0 Å². The van der Waals surface area contributed by atoms with Crippen molar-refractivity contribution in [1.29, 1.82) is 0 Å². The molecule has 88 valence electrons. The van der Waals surface area contributed by atoms with Gasteiger partial charge in [-0.1, -0.05) is 0 Å². The number of methoxy groups -OCH3 is 1. The van der Waals surface area contributed by atoms with Gasteiger partial charge in [-0.05, 0) is 23.8 Å². The monoisotopic (exact) mass is 250 g/mol. The molecule has 6 heteroatoms. The van der Waals surface area contributed by atoms with Crippen LogP contribution >= 0.6 is 12.6 Å². The first-order valence-electron chi connectivity index (χ1n) is 4.29. The Labute approximate surface area is 95.8 Å². The fraction of sp³-hybridized carbons (Fsp3) is 0.300. The number of ether oxygens (including phenoxy) is 1. The number of carbonyl (C=O) groups is 1. The molecule has 0 atom stereocenters. The summed E-state index contributed by atoms with van der Waals surface area (Å²) in [5, 5.41) is 0. The van der Waals surface area contributed by atoms with Gasteiger partial charge < -0.3 is 4.74 Å². The number of rotatable bonds is 2. The van der Waals surface area contributed by atoms with Gasteiger partial charge in [0.15, 0.2) is 0 Å². The van der Waals surface area contributed by atoms with Gasteiger partial charge in [0.05, 0.1) is 18.2 Å². The largest absolute Gasteiger partial charge is 0.465 e. The van der Waals surface area contributed by atoms with E-state index in [0.717, 1.165) is 18.2 Å². The van der Waals surface area contributed by atoms with Crippen molar-refractivity contribution in [1.82, 2.24) is 0 Å². The molecule has 0 saturated heterocycles. The van der Waals surface area contributed by atoms with Crippen molar-refractivity contribution >= 4 is 18.6 Å². The molecule has 0 heterocycles. The van der Waals surface area contributed by atoms with E-state index in [0.29, 0.717) is 0 Å². The molecule has 0 aliphatic carbocycles. The Bertz CT molecular complexity index is 402. The maximum absolute atomic E-state index is 12.4. The number of hydrogen-bond donors (Lipinski definition) is 1. The van der Waals surface area contributed by atoms with Gasteiger partial charge in [0.1, 0.15) is 0 Å². The molecule has 0 aromatic heterocycles. The maximum atomic E-state index is 12.4. The summed E-state index contributed by atoms with van der Waals surface area (Å²) in [6, 6.07) is 2.85. The van der Waals surface area contributed by atoms with E-state index in [1.54, 1.807) is 0 Å². The zero-order valence-electron chi connectivity index (χ0n) is 8.34. The van der Waals surface area contributed by atoms with Crippen LogP contribution in [0.15, 0.2) is 18.2 Å². The molecule has 16 heavy (non-hydrogen) atoms. The smallest absolute Gasteiger partial charge is 0.416 e. The zero-order chi connectivity index (χ0) is 12.3. The minimum absolute atomic E-state index is 0.0361. The number of carbonyl (C=O) groups excluding carboxylic acids is 1. The van der Waals surface area contributed by atoms with Gasteiger partial charge in [-0.25, -0.2) is 4.79 Å². The Hall–Kier alpha value is -1.17. The summed E-state index contributed by atoms with van der Waals surface area (Å²) in [5.41, 5.74) is -0.500. The molecular formula is C10H9F3O2S. The van der Waals surface area contributed by atoms with Gasteiger partial charge in [-0.15, -0.1) is 0 Å². The number of benzene rings is 1. The van der Waals surface area contributed by atoms with E-state index in [-0.39, 0.29) is 16.9 Å². The minimum atomic E-state index is -4.42. The number of esters is 1. The lowest BCUT2D eigenvalue weighted by molar-refractivity contribution is -0.137. The highest BCUT2D eigenvalue weighted by Crippen LogP contribution is 2.31. The Morgan fingerprint density at radius 1 is 1.44 bits per heavy atom. The standard InChI is InChI=1S/C10H9F3O2S/c1-15-9(14)8-3-2-7(10(11,12)13)4-6(8)5-16/h2-4,16H,5H2,1H3. The molecule has 1 rings (SSSR count). The van der Waals surface area contributed by atoms with E-state index in [4.69, 9.17) is 0 Å². The molecule has 0 bridgehead atoms. The fourth-order valence-corrected chi connectivity index (χ4v) is 1.47. The van der Waals surface area contributed by atoms with Crippen LogP contribution in [0.25, 0.3) is 0 Å². The number of halogens is 3. The predicted molar refractivity (Wildman–Crippen MR) is 55.5 cm³/mol. The third-order valence-corrected chi connectivity index (χ3v) is 2.35. The zero-order valence-corrected chi connectivity index (χ0v) is 9.23.